The predicted molar refractivity (Wildman–Crippen MR) is 188 cm³/mol. The third-order valence-corrected chi connectivity index (χ3v) is 10.2. The molecule has 0 unspecified atom stereocenters. The smallest absolute Gasteiger partial charge is 0.311 e. The number of piperidine rings is 2. The summed E-state index contributed by atoms with van der Waals surface area (Å²) in [6.07, 6.45) is 27.4. The van der Waals surface area contributed by atoms with E-state index in [2.05, 4.69) is 16.7 Å². The first-order valence-corrected chi connectivity index (χ1v) is 18.9. The number of ether oxygens (including phenoxy) is 1. The number of nitrogens with two attached hydrogens (primary N) is 1. The number of carbonyl (C=O) groups excluding carboxylic acids is 2. The summed E-state index contributed by atoms with van der Waals surface area (Å²) in [5.74, 6) is -0.223. The lowest BCUT2D eigenvalue weighted by atomic mass is 9.83. The fourth-order valence-corrected chi connectivity index (χ4v) is 7.21. The highest BCUT2D eigenvalue weighted by molar-refractivity contribution is 5.85. The van der Waals surface area contributed by atoms with Gasteiger partial charge in [0.2, 0.25) is 5.91 Å². The third-order valence-electron chi connectivity index (χ3n) is 10.2. The highest BCUT2D eigenvalue weighted by Crippen LogP contribution is 2.32. The van der Waals surface area contributed by atoms with E-state index in [1.807, 2.05) is 6.08 Å². The number of amides is 1. The van der Waals surface area contributed by atoms with Gasteiger partial charge >= 0.3 is 5.97 Å². The molecule has 2 aliphatic rings. The lowest BCUT2D eigenvalue weighted by Gasteiger charge is -2.48. The molecule has 0 aromatic heterocycles. The molecule has 3 rings (SSSR count). The Bertz CT molecular complexity index is 1010. The van der Waals surface area contributed by atoms with Gasteiger partial charge in [-0.3, -0.25) is 14.5 Å². The summed E-state index contributed by atoms with van der Waals surface area (Å²) in [5.41, 5.74) is 6.15. The molecule has 2 aliphatic heterocycles. The second-order valence-electron chi connectivity index (χ2n) is 13.8. The number of likely N-dealkylation sites (tertiary alicyclic amines) is 2. The topological polar surface area (TPSA) is 75.9 Å². The molecule has 0 saturated carbocycles. The lowest BCUT2D eigenvalue weighted by Crippen LogP contribution is -2.63. The van der Waals surface area contributed by atoms with Crippen molar-refractivity contribution in [3.05, 3.63) is 41.7 Å². The van der Waals surface area contributed by atoms with Gasteiger partial charge in [-0.2, -0.15) is 0 Å². The van der Waals surface area contributed by atoms with Gasteiger partial charge in [0.15, 0.2) is 0 Å². The lowest BCUT2D eigenvalue weighted by molar-refractivity contribution is -0.137. The maximum atomic E-state index is 13.6. The van der Waals surface area contributed by atoms with E-state index in [1.165, 1.54) is 95.6 Å². The number of benzene rings is 1. The van der Waals surface area contributed by atoms with Gasteiger partial charge in [0.25, 0.3) is 0 Å². The molecule has 2 saturated heterocycles. The van der Waals surface area contributed by atoms with Crippen molar-refractivity contribution in [2.45, 2.75) is 154 Å². The second kappa shape index (κ2) is 22.3. The van der Waals surface area contributed by atoms with Gasteiger partial charge in [0.1, 0.15) is 17.1 Å². The number of esters is 1. The second-order valence-corrected chi connectivity index (χ2v) is 13.8. The van der Waals surface area contributed by atoms with Gasteiger partial charge in [-0.05, 0) is 82.0 Å². The van der Waals surface area contributed by atoms with Crippen molar-refractivity contribution >= 4 is 17.6 Å². The van der Waals surface area contributed by atoms with E-state index in [4.69, 9.17) is 10.5 Å². The van der Waals surface area contributed by atoms with Crippen molar-refractivity contribution in [1.82, 2.24) is 9.80 Å². The van der Waals surface area contributed by atoms with Crippen LogP contribution in [0.15, 0.2) is 30.3 Å². The first kappa shape index (κ1) is 38.2. The Hall–Kier alpha value is -2.25. The summed E-state index contributed by atoms with van der Waals surface area (Å²) < 4.78 is 19.5. The normalized spacial score (nSPS) is 17.7. The highest BCUT2D eigenvalue weighted by Gasteiger charge is 2.44. The van der Waals surface area contributed by atoms with Gasteiger partial charge in [0, 0.05) is 31.6 Å². The Labute approximate surface area is 279 Å². The standard InChI is InChI=1S/C39H64FN3O3/c1-2-3-4-5-6-7-8-9-10-11-12-13-14-15-17-22-37(44)46-36(34-23-25-35(40)26-24-34)21-20-29-42-32-27-39(28-33-42,38(41)45)43-30-18-16-19-31-43/h21,23-26H,2-20,22,27-33H2,1H3,(H2,41,45)/b36-21-. The fourth-order valence-electron chi connectivity index (χ4n) is 7.21. The summed E-state index contributed by atoms with van der Waals surface area (Å²) >= 11 is 0. The van der Waals surface area contributed by atoms with Crippen molar-refractivity contribution < 1.29 is 18.7 Å². The van der Waals surface area contributed by atoms with Gasteiger partial charge in [0.05, 0.1) is 0 Å². The maximum absolute atomic E-state index is 13.6. The monoisotopic (exact) mass is 641 g/mol. The van der Waals surface area contributed by atoms with Crippen LogP contribution >= 0.6 is 0 Å². The molecule has 6 nitrogen and oxygen atoms in total. The Kier molecular flexibility index (Phi) is 18.6. The molecule has 2 N–H and O–H groups in total. The molecule has 260 valence electrons. The zero-order valence-electron chi connectivity index (χ0n) is 29.1. The minimum atomic E-state index is -0.519. The molecular formula is C39H64FN3O3. The molecule has 1 amide bonds. The number of rotatable bonds is 23. The fraction of sp³-hybridized carbons (Fsp3) is 0.744. The van der Waals surface area contributed by atoms with Crippen molar-refractivity contribution in [1.29, 1.82) is 0 Å². The van der Waals surface area contributed by atoms with Crippen molar-refractivity contribution in [2.75, 3.05) is 32.7 Å². The molecule has 46 heavy (non-hydrogen) atoms. The van der Waals surface area contributed by atoms with Crippen LogP contribution in [0.3, 0.4) is 0 Å². The maximum Gasteiger partial charge on any atom is 0.311 e. The minimum absolute atomic E-state index is 0.187. The van der Waals surface area contributed by atoms with Gasteiger partial charge in [-0.15, -0.1) is 0 Å². The van der Waals surface area contributed by atoms with Crippen LogP contribution in [0, 0.1) is 5.82 Å². The van der Waals surface area contributed by atoms with E-state index in [9.17, 15) is 14.0 Å². The number of primary amides is 1. The van der Waals surface area contributed by atoms with E-state index in [0.717, 1.165) is 77.7 Å². The summed E-state index contributed by atoms with van der Waals surface area (Å²) in [4.78, 5) is 30.0. The minimum Gasteiger partial charge on any atom is -0.426 e. The number of unbranched alkanes of at least 4 members (excludes halogenated alkanes) is 14. The quantitative estimate of drug-likeness (QED) is 0.0733. The highest BCUT2D eigenvalue weighted by atomic mass is 19.1. The Morgan fingerprint density at radius 2 is 1.30 bits per heavy atom. The molecular weight excluding hydrogens is 577 g/mol. The number of hydrogen-bond donors (Lipinski definition) is 1. The van der Waals surface area contributed by atoms with Crippen LogP contribution in [0.1, 0.15) is 154 Å². The van der Waals surface area contributed by atoms with E-state index in [0.29, 0.717) is 24.2 Å². The first-order valence-electron chi connectivity index (χ1n) is 18.9. The van der Waals surface area contributed by atoms with E-state index >= 15 is 0 Å². The molecule has 1 aromatic rings. The van der Waals surface area contributed by atoms with Crippen LogP contribution < -0.4 is 5.73 Å². The van der Waals surface area contributed by atoms with Crippen LogP contribution in [0.2, 0.25) is 0 Å². The largest absolute Gasteiger partial charge is 0.426 e. The van der Waals surface area contributed by atoms with Crippen LogP contribution in [0.25, 0.3) is 5.76 Å². The summed E-state index contributed by atoms with van der Waals surface area (Å²) in [6, 6.07) is 6.15. The van der Waals surface area contributed by atoms with Crippen LogP contribution in [-0.2, 0) is 14.3 Å². The molecule has 2 heterocycles. The zero-order chi connectivity index (χ0) is 32.9. The van der Waals surface area contributed by atoms with Gasteiger partial charge in [-0.1, -0.05) is 103 Å². The predicted octanol–water partition coefficient (Wildman–Crippen LogP) is 9.17. The average molecular weight is 642 g/mol. The van der Waals surface area contributed by atoms with E-state index in [1.54, 1.807) is 12.1 Å². The first-order chi connectivity index (χ1) is 22.4. The third kappa shape index (κ3) is 13.9. The Morgan fingerprint density at radius 3 is 1.83 bits per heavy atom. The SMILES string of the molecule is CCCCCCCCCCCCCCCCCC(=O)O/C(=C\CCN1CCC(C(N)=O)(N2CCCCC2)CC1)c1ccc(F)cc1. The zero-order valence-corrected chi connectivity index (χ0v) is 29.1. The van der Waals surface area contributed by atoms with Crippen molar-refractivity contribution in [3.63, 3.8) is 0 Å². The summed E-state index contributed by atoms with van der Waals surface area (Å²) in [5, 5.41) is 0. The summed E-state index contributed by atoms with van der Waals surface area (Å²) in [7, 11) is 0. The molecule has 0 bridgehead atoms. The number of nitrogens with zero attached hydrogens (tertiary/aromatic N) is 2. The molecule has 0 radical (unpaired) electrons. The van der Waals surface area contributed by atoms with Crippen molar-refractivity contribution in [3.8, 4) is 0 Å². The molecule has 0 aliphatic carbocycles. The average Bonchev–Trinajstić information content (AvgIpc) is 3.07. The number of carbonyl (C=O) groups is 2. The molecule has 2 fully saturated rings. The van der Waals surface area contributed by atoms with Gasteiger partial charge in [-0.25, -0.2) is 4.39 Å². The van der Waals surface area contributed by atoms with E-state index < -0.39 is 5.54 Å². The van der Waals surface area contributed by atoms with Crippen LogP contribution in [0.5, 0.6) is 0 Å². The van der Waals surface area contributed by atoms with Gasteiger partial charge < -0.3 is 15.4 Å². The van der Waals surface area contributed by atoms with Crippen molar-refractivity contribution in [2.24, 2.45) is 5.73 Å². The van der Waals surface area contributed by atoms with Crippen LogP contribution in [-0.4, -0.2) is 59.9 Å². The molecule has 0 spiro atoms. The van der Waals surface area contributed by atoms with Crippen LogP contribution in [0.4, 0.5) is 4.39 Å². The number of halogens is 1. The molecule has 7 heteroatoms. The summed E-state index contributed by atoms with van der Waals surface area (Å²) in [6.45, 7) is 6.62. The number of hydrogen-bond acceptors (Lipinski definition) is 5. The Morgan fingerprint density at radius 1 is 0.783 bits per heavy atom. The van der Waals surface area contributed by atoms with E-state index in [-0.39, 0.29) is 17.7 Å². The molecule has 1 aromatic carbocycles. The molecule has 0 atom stereocenters. The Balaban J connectivity index is 1.33.